The highest BCUT2D eigenvalue weighted by Crippen LogP contribution is 2.23. The van der Waals surface area contributed by atoms with Gasteiger partial charge in [0.15, 0.2) is 12.6 Å². The molecule has 2 rings (SSSR count). The summed E-state index contributed by atoms with van der Waals surface area (Å²) in [6.07, 6.45) is -0.799. The molecule has 0 aromatic heterocycles. The number of halogens is 3. The van der Waals surface area contributed by atoms with E-state index in [-0.39, 0.29) is 24.2 Å². The molecule has 1 fully saturated rings. The van der Waals surface area contributed by atoms with Crippen LogP contribution in [0.15, 0.2) is 23.2 Å². The summed E-state index contributed by atoms with van der Waals surface area (Å²) in [5, 5.41) is 6.14. The fourth-order valence-electron chi connectivity index (χ4n) is 3.40. The van der Waals surface area contributed by atoms with Gasteiger partial charge in [-0.05, 0) is 44.7 Å². The number of likely N-dealkylation sites (tertiary alicyclic amines) is 1. The van der Waals surface area contributed by atoms with Crippen molar-refractivity contribution >= 4 is 11.9 Å². The monoisotopic (exact) mass is 428 g/mol. The van der Waals surface area contributed by atoms with E-state index in [1.54, 1.807) is 26.1 Å². The molecule has 1 saturated heterocycles. The first-order valence-corrected chi connectivity index (χ1v) is 10.2. The SMILES string of the molecule is CN=C(NCCC(=O)N1CCCCC1C)NCc1ccc(C)cc1OCC(F)(F)F. The van der Waals surface area contributed by atoms with E-state index in [4.69, 9.17) is 4.74 Å². The third kappa shape index (κ3) is 7.76. The van der Waals surface area contributed by atoms with Crippen molar-refractivity contribution in [1.29, 1.82) is 0 Å². The Morgan fingerprint density at radius 2 is 2.07 bits per heavy atom. The van der Waals surface area contributed by atoms with Crippen molar-refractivity contribution in [3.8, 4) is 5.75 Å². The van der Waals surface area contributed by atoms with E-state index in [9.17, 15) is 18.0 Å². The van der Waals surface area contributed by atoms with Gasteiger partial charge in [-0.1, -0.05) is 12.1 Å². The normalized spacial score (nSPS) is 17.6. The Balaban J connectivity index is 1.84. The first kappa shape index (κ1) is 23.8. The number of hydrogen-bond acceptors (Lipinski definition) is 3. The summed E-state index contributed by atoms with van der Waals surface area (Å²) in [6, 6.07) is 5.40. The third-order valence-corrected chi connectivity index (χ3v) is 5.04. The van der Waals surface area contributed by atoms with Crippen molar-refractivity contribution in [1.82, 2.24) is 15.5 Å². The van der Waals surface area contributed by atoms with Gasteiger partial charge in [-0.2, -0.15) is 13.2 Å². The maximum absolute atomic E-state index is 12.5. The molecule has 0 radical (unpaired) electrons. The quantitative estimate of drug-likeness (QED) is 0.516. The molecule has 1 aliphatic heterocycles. The highest BCUT2D eigenvalue weighted by molar-refractivity contribution is 5.81. The maximum Gasteiger partial charge on any atom is 0.422 e. The Morgan fingerprint density at radius 1 is 1.30 bits per heavy atom. The van der Waals surface area contributed by atoms with Crippen LogP contribution >= 0.6 is 0 Å². The van der Waals surface area contributed by atoms with Crippen molar-refractivity contribution < 1.29 is 22.7 Å². The Bertz CT molecular complexity index is 737. The Labute approximate surface area is 175 Å². The second kappa shape index (κ2) is 11.1. The van der Waals surface area contributed by atoms with Crippen molar-refractivity contribution in [3.05, 3.63) is 29.3 Å². The number of guanidine groups is 1. The minimum absolute atomic E-state index is 0.117. The van der Waals surface area contributed by atoms with E-state index >= 15 is 0 Å². The van der Waals surface area contributed by atoms with Crippen molar-refractivity contribution in [2.45, 2.75) is 58.3 Å². The van der Waals surface area contributed by atoms with Crippen molar-refractivity contribution in [2.75, 3.05) is 26.7 Å². The van der Waals surface area contributed by atoms with Gasteiger partial charge in [0, 0.05) is 44.7 Å². The molecule has 9 heteroatoms. The number of nitrogens with one attached hydrogen (secondary N) is 2. The third-order valence-electron chi connectivity index (χ3n) is 5.04. The molecule has 0 saturated carbocycles. The molecule has 1 aromatic carbocycles. The number of benzene rings is 1. The molecule has 1 aromatic rings. The summed E-state index contributed by atoms with van der Waals surface area (Å²) >= 11 is 0. The van der Waals surface area contributed by atoms with Crippen LogP contribution in [0, 0.1) is 6.92 Å². The molecule has 1 heterocycles. The van der Waals surface area contributed by atoms with Gasteiger partial charge in [0.25, 0.3) is 0 Å². The van der Waals surface area contributed by atoms with Crippen LogP contribution in [-0.2, 0) is 11.3 Å². The number of amides is 1. The average Bonchev–Trinajstić information content (AvgIpc) is 2.69. The molecule has 0 aliphatic carbocycles. The summed E-state index contributed by atoms with van der Waals surface area (Å²) in [6.45, 7) is 4.00. The molecule has 0 spiro atoms. The molecular weight excluding hydrogens is 397 g/mol. The molecule has 1 amide bonds. The van der Waals surface area contributed by atoms with Crippen LogP contribution in [0.1, 0.15) is 43.7 Å². The Kier molecular flexibility index (Phi) is 8.80. The lowest BCUT2D eigenvalue weighted by atomic mass is 10.0. The smallest absolute Gasteiger partial charge is 0.422 e. The van der Waals surface area contributed by atoms with Gasteiger partial charge in [-0.3, -0.25) is 9.79 Å². The Hall–Kier alpha value is -2.45. The number of aryl methyl sites for hydroxylation is 1. The fourth-order valence-corrected chi connectivity index (χ4v) is 3.40. The molecule has 1 unspecified atom stereocenters. The Morgan fingerprint density at radius 3 is 2.73 bits per heavy atom. The lowest BCUT2D eigenvalue weighted by Crippen LogP contribution is -2.44. The summed E-state index contributed by atoms with van der Waals surface area (Å²) in [5.41, 5.74) is 1.40. The number of alkyl halides is 3. The number of nitrogens with zero attached hydrogens (tertiary/aromatic N) is 2. The van der Waals surface area contributed by atoms with Crippen LogP contribution in [0.3, 0.4) is 0 Å². The van der Waals surface area contributed by atoms with Crippen LogP contribution in [0.25, 0.3) is 0 Å². The van der Waals surface area contributed by atoms with Gasteiger partial charge in [0.1, 0.15) is 5.75 Å². The van der Waals surface area contributed by atoms with Gasteiger partial charge < -0.3 is 20.3 Å². The van der Waals surface area contributed by atoms with E-state index in [1.165, 1.54) is 0 Å². The topological polar surface area (TPSA) is 66.0 Å². The molecular formula is C21H31F3N4O2. The summed E-state index contributed by atoms with van der Waals surface area (Å²) in [4.78, 5) is 18.4. The average molecular weight is 428 g/mol. The fraction of sp³-hybridized carbons (Fsp3) is 0.619. The minimum Gasteiger partial charge on any atom is -0.484 e. The summed E-state index contributed by atoms with van der Waals surface area (Å²) in [7, 11) is 1.60. The zero-order chi connectivity index (χ0) is 22.1. The second-order valence-electron chi connectivity index (χ2n) is 7.55. The van der Waals surface area contributed by atoms with Crippen molar-refractivity contribution in [2.24, 2.45) is 4.99 Å². The molecule has 1 atom stereocenters. The number of ether oxygens (including phenoxy) is 1. The van der Waals surface area contributed by atoms with E-state index in [2.05, 4.69) is 22.5 Å². The molecule has 0 bridgehead atoms. The zero-order valence-corrected chi connectivity index (χ0v) is 17.8. The van der Waals surface area contributed by atoms with E-state index < -0.39 is 12.8 Å². The van der Waals surface area contributed by atoms with Gasteiger partial charge in [-0.15, -0.1) is 0 Å². The highest BCUT2D eigenvalue weighted by Gasteiger charge is 2.29. The zero-order valence-electron chi connectivity index (χ0n) is 17.8. The molecule has 2 N–H and O–H groups in total. The van der Waals surface area contributed by atoms with E-state index in [0.29, 0.717) is 24.5 Å². The lowest BCUT2D eigenvalue weighted by molar-refractivity contribution is -0.153. The van der Waals surface area contributed by atoms with Gasteiger partial charge in [0.2, 0.25) is 5.91 Å². The number of aliphatic imine (C=N–C) groups is 1. The van der Waals surface area contributed by atoms with E-state index in [1.807, 2.05) is 11.0 Å². The second-order valence-corrected chi connectivity index (χ2v) is 7.55. The number of rotatable bonds is 7. The largest absolute Gasteiger partial charge is 0.484 e. The van der Waals surface area contributed by atoms with Crippen LogP contribution in [0.5, 0.6) is 5.75 Å². The standard InChI is InChI=1S/C21H31F3N4O2/c1-15-7-8-17(18(12-15)30-14-21(22,23)24)13-27-20(25-3)26-10-9-19(29)28-11-5-4-6-16(28)2/h7-8,12,16H,4-6,9-11,13-14H2,1-3H3,(H2,25,26,27). The summed E-state index contributed by atoms with van der Waals surface area (Å²) < 4.78 is 42.5. The van der Waals surface area contributed by atoms with Crippen molar-refractivity contribution in [3.63, 3.8) is 0 Å². The van der Waals surface area contributed by atoms with Crippen LogP contribution in [-0.4, -0.2) is 55.7 Å². The lowest BCUT2D eigenvalue weighted by Gasteiger charge is -2.33. The molecule has 1 aliphatic rings. The molecule has 168 valence electrons. The van der Waals surface area contributed by atoms with Gasteiger partial charge in [-0.25, -0.2) is 0 Å². The minimum atomic E-state index is -4.40. The summed E-state index contributed by atoms with van der Waals surface area (Å²) in [5.74, 6) is 0.771. The number of piperidine rings is 1. The highest BCUT2D eigenvalue weighted by atomic mass is 19.4. The molecule has 6 nitrogen and oxygen atoms in total. The maximum atomic E-state index is 12.5. The predicted molar refractivity (Wildman–Crippen MR) is 111 cm³/mol. The van der Waals surface area contributed by atoms with Crippen LogP contribution < -0.4 is 15.4 Å². The van der Waals surface area contributed by atoms with Gasteiger partial charge >= 0.3 is 6.18 Å². The molecule has 30 heavy (non-hydrogen) atoms. The van der Waals surface area contributed by atoms with E-state index in [0.717, 1.165) is 31.4 Å². The first-order chi connectivity index (χ1) is 14.2. The van der Waals surface area contributed by atoms with Crippen LogP contribution in [0.4, 0.5) is 13.2 Å². The predicted octanol–water partition coefficient (Wildman–Crippen LogP) is 3.39. The first-order valence-electron chi connectivity index (χ1n) is 10.2. The number of carbonyl (C=O) groups is 1. The van der Waals surface area contributed by atoms with Crippen LogP contribution in [0.2, 0.25) is 0 Å². The van der Waals surface area contributed by atoms with Gasteiger partial charge in [0.05, 0.1) is 0 Å². The number of carbonyl (C=O) groups excluding carboxylic acids is 1. The number of hydrogen-bond donors (Lipinski definition) is 2.